The summed E-state index contributed by atoms with van der Waals surface area (Å²) >= 11 is 3.43. The quantitative estimate of drug-likeness (QED) is 0.868. The zero-order valence-corrected chi connectivity index (χ0v) is 14.6. The molecule has 1 N–H and O–H groups in total. The molecule has 1 fully saturated rings. The summed E-state index contributed by atoms with van der Waals surface area (Å²) < 4.78 is 11.9. The highest BCUT2D eigenvalue weighted by molar-refractivity contribution is 9.10. The van der Waals surface area contributed by atoms with Crippen molar-refractivity contribution in [2.75, 3.05) is 13.2 Å². The van der Waals surface area contributed by atoms with E-state index in [1.165, 1.54) is 0 Å². The Morgan fingerprint density at radius 2 is 2.29 bits per heavy atom. The number of aromatic nitrogens is 2. The van der Waals surface area contributed by atoms with Gasteiger partial charge in [0.25, 0.3) is 0 Å². The molecular formula is C16H17BrN4O3. The Kier molecular flexibility index (Phi) is 4.13. The van der Waals surface area contributed by atoms with Crippen LogP contribution in [0.1, 0.15) is 36.0 Å². The molecule has 7 nitrogen and oxygen atoms in total. The van der Waals surface area contributed by atoms with E-state index in [1.807, 2.05) is 18.2 Å². The molecule has 0 bridgehead atoms. The van der Waals surface area contributed by atoms with Gasteiger partial charge in [0.1, 0.15) is 12.4 Å². The summed E-state index contributed by atoms with van der Waals surface area (Å²) in [7, 11) is 0. The van der Waals surface area contributed by atoms with E-state index in [0.29, 0.717) is 37.3 Å². The molecule has 0 atom stereocenters. The van der Waals surface area contributed by atoms with Gasteiger partial charge in [-0.3, -0.25) is 0 Å². The minimum absolute atomic E-state index is 0.160. The van der Waals surface area contributed by atoms with Crippen LogP contribution in [0.5, 0.6) is 5.75 Å². The number of benzene rings is 1. The standard InChI is InChI=1S/C16H17BrN4O3/c17-12-4-3-11-9-21(5-6-23-13(11)7-12)16(22)18-8-14-19-15(24-20-14)10-1-2-10/h3-4,7,10H,1-2,5-6,8-9H2,(H,18,22). The molecule has 0 unspecified atom stereocenters. The Hall–Kier alpha value is -2.09. The highest BCUT2D eigenvalue weighted by Gasteiger charge is 2.29. The third-order valence-electron chi connectivity index (χ3n) is 4.10. The van der Waals surface area contributed by atoms with Gasteiger partial charge in [0.15, 0.2) is 5.82 Å². The Balaban J connectivity index is 1.37. The lowest BCUT2D eigenvalue weighted by molar-refractivity contribution is 0.187. The van der Waals surface area contributed by atoms with Crippen LogP contribution >= 0.6 is 15.9 Å². The summed E-state index contributed by atoms with van der Waals surface area (Å²) in [5.41, 5.74) is 0.987. The van der Waals surface area contributed by atoms with Crippen molar-refractivity contribution in [1.82, 2.24) is 20.4 Å². The van der Waals surface area contributed by atoms with E-state index in [9.17, 15) is 4.79 Å². The second-order valence-electron chi connectivity index (χ2n) is 6.00. The monoisotopic (exact) mass is 392 g/mol. The van der Waals surface area contributed by atoms with Gasteiger partial charge in [-0.2, -0.15) is 4.98 Å². The molecule has 8 heteroatoms. The van der Waals surface area contributed by atoms with Crippen LogP contribution < -0.4 is 10.1 Å². The number of ether oxygens (including phenoxy) is 1. The van der Waals surface area contributed by atoms with Crippen LogP contribution in [0, 0.1) is 0 Å². The lowest BCUT2D eigenvalue weighted by Crippen LogP contribution is -2.40. The first-order valence-electron chi connectivity index (χ1n) is 7.95. The minimum Gasteiger partial charge on any atom is -0.491 e. The van der Waals surface area contributed by atoms with E-state index in [2.05, 4.69) is 31.4 Å². The fourth-order valence-corrected chi connectivity index (χ4v) is 2.96. The van der Waals surface area contributed by atoms with Gasteiger partial charge in [-0.15, -0.1) is 0 Å². The van der Waals surface area contributed by atoms with E-state index >= 15 is 0 Å². The molecule has 2 aromatic rings. The summed E-state index contributed by atoms with van der Waals surface area (Å²) in [6, 6.07) is 5.68. The summed E-state index contributed by atoms with van der Waals surface area (Å²) in [4.78, 5) is 18.5. The lowest BCUT2D eigenvalue weighted by atomic mass is 10.2. The average Bonchev–Trinajstić information content (AvgIpc) is 3.35. The van der Waals surface area contributed by atoms with Gasteiger partial charge in [-0.1, -0.05) is 27.2 Å². The van der Waals surface area contributed by atoms with Crippen molar-refractivity contribution in [3.05, 3.63) is 40.0 Å². The number of amides is 2. The number of nitrogens with zero attached hydrogens (tertiary/aromatic N) is 3. The van der Waals surface area contributed by atoms with Gasteiger partial charge in [0.05, 0.1) is 19.6 Å². The normalized spacial score (nSPS) is 17.0. The van der Waals surface area contributed by atoms with Crippen molar-refractivity contribution in [3.63, 3.8) is 0 Å². The predicted molar refractivity (Wildman–Crippen MR) is 88.6 cm³/mol. The van der Waals surface area contributed by atoms with Crippen LogP contribution in [-0.2, 0) is 13.1 Å². The Labute approximate surface area is 147 Å². The summed E-state index contributed by atoms with van der Waals surface area (Å²) in [5.74, 6) is 2.43. The fourth-order valence-electron chi connectivity index (χ4n) is 2.62. The molecule has 0 saturated heterocycles. The van der Waals surface area contributed by atoms with Gasteiger partial charge in [-0.25, -0.2) is 4.79 Å². The molecule has 1 aliphatic carbocycles. The van der Waals surface area contributed by atoms with Crippen molar-refractivity contribution in [2.45, 2.75) is 31.8 Å². The number of nitrogens with one attached hydrogen (secondary N) is 1. The van der Waals surface area contributed by atoms with Gasteiger partial charge < -0.3 is 19.5 Å². The van der Waals surface area contributed by atoms with Crippen molar-refractivity contribution >= 4 is 22.0 Å². The molecule has 4 rings (SSSR count). The molecule has 126 valence electrons. The SMILES string of the molecule is O=C(NCc1noc(C2CC2)n1)N1CCOc2cc(Br)ccc2C1. The predicted octanol–water partition coefficient (Wildman–Crippen LogP) is 2.81. The lowest BCUT2D eigenvalue weighted by Gasteiger charge is -2.19. The third kappa shape index (κ3) is 3.38. The van der Waals surface area contributed by atoms with Crippen LogP contribution in [0.2, 0.25) is 0 Å². The maximum Gasteiger partial charge on any atom is 0.318 e. The maximum atomic E-state index is 12.4. The van der Waals surface area contributed by atoms with E-state index in [0.717, 1.165) is 28.6 Å². The first kappa shape index (κ1) is 15.4. The average molecular weight is 393 g/mol. The highest BCUT2D eigenvalue weighted by atomic mass is 79.9. The zero-order valence-electron chi connectivity index (χ0n) is 13.0. The molecule has 2 heterocycles. The largest absolute Gasteiger partial charge is 0.491 e. The second-order valence-corrected chi connectivity index (χ2v) is 6.92. The Morgan fingerprint density at radius 1 is 1.42 bits per heavy atom. The number of halogens is 1. The van der Waals surface area contributed by atoms with Crippen LogP contribution in [-0.4, -0.2) is 34.2 Å². The molecule has 1 aromatic carbocycles. The molecule has 0 spiro atoms. The van der Waals surface area contributed by atoms with E-state index < -0.39 is 0 Å². The van der Waals surface area contributed by atoms with Gasteiger partial charge in [-0.05, 0) is 25.0 Å². The van der Waals surface area contributed by atoms with Crippen molar-refractivity contribution in [3.8, 4) is 5.75 Å². The first-order valence-corrected chi connectivity index (χ1v) is 8.75. The van der Waals surface area contributed by atoms with Gasteiger partial charge in [0.2, 0.25) is 5.89 Å². The molecule has 1 aliphatic heterocycles. The minimum atomic E-state index is -0.160. The fraction of sp³-hybridized carbons (Fsp3) is 0.438. The molecule has 2 aliphatic rings. The van der Waals surface area contributed by atoms with Crippen molar-refractivity contribution < 1.29 is 14.1 Å². The maximum absolute atomic E-state index is 12.4. The number of carbonyl (C=O) groups is 1. The van der Waals surface area contributed by atoms with Crippen LogP contribution in [0.15, 0.2) is 27.2 Å². The smallest absolute Gasteiger partial charge is 0.318 e. The van der Waals surface area contributed by atoms with Crippen LogP contribution in [0.25, 0.3) is 0 Å². The second kappa shape index (κ2) is 6.43. The number of carbonyl (C=O) groups excluding carboxylic acids is 1. The van der Waals surface area contributed by atoms with E-state index in [4.69, 9.17) is 9.26 Å². The molecular weight excluding hydrogens is 376 g/mol. The third-order valence-corrected chi connectivity index (χ3v) is 4.60. The topological polar surface area (TPSA) is 80.5 Å². The van der Waals surface area contributed by atoms with Crippen molar-refractivity contribution in [1.29, 1.82) is 0 Å². The number of hydrogen-bond donors (Lipinski definition) is 1. The first-order chi connectivity index (χ1) is 11.7. The van der Waals surface area contributed by atoms with Gasteiger partial charge in [0, 0.05) is 16.0 Å². The summed E-state index contributed by atoms with van der Waals surface area (Å²) in [6.45, 7) is 1.76. The zero-order chi connectivity index (χ0) is 16.5. The highest BCUT2D eigenvalue weighted by Crippen LogP contribution is 2.38. The van der Waals surface area contributed by atoms with E-state index in [-0.39, 0.29) is 12.6 Å². The Bertz CT molecular complexity index is 760. The van der Waals surface area contributed by atoms with E-state index in [1.54, 1.807) is 4.90 Å². The number of hydrogen-bond acceptors (Lipinski definition) is 5. The molecule has 24 heavy (non-hydrogen) atoms. The molecule has 1 saturated carbocycles. The summed E-state index contributed by atoms with van der Waals surface area (Å²) in [6.07, 6.45) is 2.22. The number of urea groups is 1. The molecule has 0 radical (unpaired) electrons. The van der Waals surface area contributed by atoms with Crippen LogP contribution in [0.4, 0.5) is 4.79 Å². The number of fused-ring (bicyclic) bond motifs is 1. The Morgan fingerprint density at radius 3 is 3.12 bits per heavy atom. The number of rotatable bonds is 3. The van der Waals surface area contributed by atoms with Gasteiger partial charge >= 0.3 is 6.03 Å². The molecule has 1 aromatic heterocycles. The summed E-state index contributed by atoms with van der Waals surface area (Å²) in [5, 5.41) is 6.76. The van der Waals surface area contributed by atoms with Crippen LogP contribution in [0.3, 0.4) is 0 Å². The van der Waals surface area contributed by atoms with Crippen molar-refractivity contribution in [2.24, 2.45) is 0 Å². The molecule has 2 amide bonds.